The molecule has 114 valence electrons. The average Bonchev–Trinajstić information content (AvgIpc) is 2.54. The van der Waals surface area contributed by atoms with Crippen molar-refractivity contribution in [3.63, 3.8) is 0 Å². The maximum atomic E-state index is 12.7. The third kappa shape index (κ3) is 2.88. The molecule has 0 aliphatic carbocycles. The van der Waals surface area contributed by atoms with Crippen molar-refractivity contribution in [2.24, 2.45) is 5.92 Å². The van der Waals surface area contributed by atoms with Crippen LogP contribution in [0.2, 0.25) is 0 Å². The van der Waals surface area contributed by atoms with Gasteiger partial charge in [0.25, 0.3) is 5.91 Å². The molecular formula is C18H20N2OS. The van der Waals surface area contributed by atoms with E-state index in [4.69, 9.17) is 0 Å². The maximum Gasteiger partial charge on any atom is 0.255 e. The van der Waals surface area contributed by atoms with Crippen LogP contribution in [0.1, 0.15) is 35.8 Å². The van der Waals surface area contributed by atoms with Crippen LogP contribution < -0.4 is 0 Å². The van der Waals surface area contributed by atoms with Crippen molar-refractivity contribution in [3.05, 3.63) is 59.8 Å². The molecule has 3 nitrogen and oxygen atoms in total. The number of carbonyl (C=O) groups excluding carboxylic acids is 1. The summed E-state index contributed by atoms with van der Waals surface area (Å²) in [6, 6.07) is 14.3. The minimum absolute atomic E-state index is 0.0764. The molecule has 0 radical (unpaired) electrons. The summed E-state index contributed by atoms with van der Waals surface area (Å²) in [5.41, 5.74) is 1.88. The summed E-state index contributed by atoms with van der Waals surface area (Å²) in [7, 11) is 0. The molecule has 4 heteroatoms. The second-order valence-corrected chi connectivity index (χ2v) is 6.89. The van der Waals surface area contributed by atoms with Gasteiger partial charge in [0.05, 0.1) is 16.6 Å². The highest BCUT2D eigenvalue weighted by Crippen LogP contribution is 2.39. The third-order valence-corrected chi connectivity index (χ3v) is 4.86. The van der Waals surface area contributed by atoms with E-state index < -0.39 is 0 Å². The van der Waals surface area contributed by atoms with Crippen LogP contribution in [-0.2, 0) is 0 Å². The highest BCUT2D eigenvalue weighted by atomic mass is 32.2. The summed E-state index contributed by atoms with van der Waals surface area (Å²) in [5, 5.41) is 0.968. The van der Waals surface area contributed by atoms with Crippen LogP contribution in [0.3, 0.4) is 0 Å². The monoisotopic (exact) mass is 312 g/mol. The molecule has 1 aliphatic rings. The Bertz CT molecular complexity index is 642. The van der Waals surface area contributed by atoms with E-state index >= 15 is 0 Å². The average molecular weight is 312 g/mol. The fourth-order valence-corrected chi connectivity index (χ4v) is 3.55. The first kappa shape index (κ1) is 15.1. The van der Waals surface area contributed by atoms with E-state index in [2.05, 4.69) is 31.0 Å². The number of hydrogen-bond acceptors (Lipinski definition) is 3. The Labute approximate surface area is 135 Å². The lowest BCUT2D eigenvalue weighted by Crippen LogP contribution is -2.51. The predicted molar refractivity (Wildman–Crippen MR) is 90.0 cm³/mol. The van der Waals surface area contributed by atoms with Crippen molar-refractivity contribution < 1.29 is 4.79 Å². The molecule has 22 heavy (non-hydrogen) atoms. The molecule has 0 bridgehead atoms. The third-order valence-electron chi connectivity index (χ3n) is 4.04. The Kier molecular flexibility index (Phi) is 4.48. The summed E-state index contributed by atoms with van der Waals surface area (Å²) in [4.78, 5) is 19.0. The molecule has 0 spiro atoms. The smallest absolute Gasteiger partial charge is 0.255 e. The summed E-state index contributed by atoms with van der Waals surface area (Å²) >= 11 is 1.69. The minimum atomic E-state index is 0.0764. The first-order valence-corrected chi connectivity index (χ1v) is 8.64. The van der Waals surface area contributed by atoms with E-state index in [0.29, 0.717) is 11.5 Å². The lowest BCUT2D eigenvalue weighted by Gasteiger charge is -2.47. The zero-order valence-electron chi connectivity index (χ0n) is 12.9. The number of carbonyl (C=O) groups is 1. The largest absolute Gasteiger partial charge is 0.331 e. The molecule has 2 atom stereocenters. The van der Waals surface area contributed by atoms with Crippen molar-refractivity contribution in [3.8, 4) is 0 Å². The van der Waals surface area contributed by atoms with Crippen LogP contribution in [0.4, 0.5) is 0 Å². The van der Waals surface area contributed by atoms with Gasteiger partial charge in [0.2, 0.25) is 0 Å². The molecule has 2 heterocycles. The predicted octanol–water partition coefficient (Wildman–Crippen LogP) is 4.03. The molecule has 1 amide bonds. The van der Waals surface area contributed by atoms with E-state index in [0.717, 1.165) is 17.3 Å². The lowest BCUT2D eigenvalue weighted by molar-refractivity contribution is 0.0197. The normalized spacial score (nSPS) is 20.5. The molecule has 1 aromatic heterocycles. The van der Waals surface area contributed by atoms with Gasteiger partial charge in [0.15, 0.2) is 0 Å². The molecule has 1 aromatic carbocycles. The zero-order valence-corrected chi connectivity index (χ0v) is 13.7. The van der Waals surface area contributed by atoms with Crippen molar-refractivity contribution in [2.75, 3.05) is 12.3 Å². The Balaban J connectivity index is 1.77. The van der Waals surface area contributed by atoms with Crippen LogP contribution in [-0.4, -0.2) is 28.1 Å². The van der Waals surface area contributed by atoms with Gasteiger partial charge < -0.3 is 4.90 Å². The van der Waals surface area contributed by atoms with Gasteiger partial charge in [-0.05, 0) is 29.4 Å². The van der Waals surface area contributed by atoms with E-state index in [-0.39, 0.29) is 11.9 Å². The van der Waals surface area contributed by atoms with Gasteiger partial charge >= 0.3 is 0 Å². The fraction of sp³-hybridized carbons (Fsp3) is 0.333. The van der Waals surface area contributed by atoms with Gasteiger partial charge in [-0.2, -0.15) is 0 Å². The summed E-state index contributed by atoms with van der Waals surface area (Å²) in [6.07, 6.45) is 1.70. The second kappa shape index (κ2) is 6.53. The van der Waals surface area contributed by atoms with Crippen molar-refractivity contribution in [2.45, 2.75) is 24.9 Å². The van der Waals surface area contributed by atoms with Gasteiger partial charge in [0, 0.05) is 12.7 Å². The second-order valence-electron chi connectivity index (χ2n) is 5.61. The molecule has 1 aliphatic heterocycles. The molecule has 1 fully saturated rings. The SMILES string of the molecule is CCSc1ccc(C(=O)N2CC(C)C2c2ccccc2)cn1. The summed E-state index contributed by atoms with van der Waals surface area (Å²) in [5.74, 6) is 1.56. The number of hydrogen-bond donors (Lipinski definition) is 0. The summed E-state index contributed by atoms with van der Waals surface area (Å²) in [6.45, 7) is 5.10. The first-order valence-electron chi connectivity index (χ1n) is 7.65. The lowest BCUT2D eigenvalue weighted by atomic mass is 9.84. The van der Waals surface area contributed by atoms with Crippen molar-refractivity contribution in [1.82, 2.24) is 9.88 Å². The number of pyridine rings is 1. The van der Waals surface area contributed by atoms with Gasteiger partial charge in [-0.25, -0.2) is 4.98 Å². The standard InChI is InChI=1S/C18H20N2OS/c1-3-22-16-10-9-15(11-19-16)18(21)20-12-13(2)17(20)14-7-5-4-6-8-14/h4-11,13,17H,3,12H2,1-2H3. The number of rotatable bonds is 4. The molecular weight excluding hydrogens is 292 g/mol. The maximum absolute atomic E-state index is 12.7. The van der Waals surface area contributed by atoms with Gasteiger partial charge in [0.1, 0.15) is 0 Å². The van der Waals surface area contributed by atoms with Crippen LogP contribution in [0.15, 0.2) is 53.7 Å². The molecule has 0 N–H and O–H groups in total. The quantitative estimate of drug-likeness (QED) is 0.799. The minimum Gasteiger partial charge on any atom is -0.331 e. The summed E-state index contributed by atoms with van der Waals surface area (Å²) < 4.78 is 0. The van der Waals surface area contributed by atoms with Gasteiger partial charge in [-0.15, -0.1) is 11.8 Å². The Hall–Kier alpha value is -1.81. The molecule has 1 saturated heterocycles. The highest BCUT2D eigenvalue weighted by Gasteiger charge is 2.40. The number of benzene rings is 1. The molecule has 0 saturated carbocycles. The van der Waals surface area contributed by atoms with Crippen LogP contribution in [0, 0.1) is 5.92 Å². The fourth-order valence-electron chi connectivity index (χ4n) is 2.97. The van der Waals surface area contributed by atoms with Crippen LogP contribution >= 0.6 is 11.8 Å². The van der Waals surface area contributed by atoms with Gasteiger partial charge in [-0.1, -0.05) is 44.2 Å². The van der Waals surface area contributed by atoms with E-state index in [1.165, 1.54) is 5.56 Å². The number of thioether (sulfide) groups is 1. The number of aromatic nitrogens is 1. The highest BCUT2D eigenvalue weighted by molar-refractivity contribution is 7.99. The Morgan fingerprint density at radius 1 is 1.27 bits per heavy atom. The van der Waals surface area contributed by atoms with Crippen LogP contribution in [0.25, 0.3) is 0 Å². The zero-order chi connectivity index (χ0) is 15.5. The number of likely N-dealkylation sites (tertiary alicyclic amines) is 1. The molecule has 2 aromatic rings. The van der Waals surface area contributed by atoms with Crippen LogP contribution in [0.5, 0.6) is 0 Å². The Morgan fingerprint density at radius 3 is 2.64 bits per heavy atom. The number of amides is 1. The molecule has 3 rings (SSSR count). The number of nitrogens with zero attached hydrogens (tertiary/aromatic N) is 2. The van der Waals surface area contributed by atoms with E-state index in [1.54, 1.807) is 18.0 Å². The van der Waals surface area contributed by atoms with Crippen molar-refractivity contribution >= 4 is 17.7 Å². The first-order chi connectivity index (χ1) is 10.7. The van der Waals surface area contributed by atoms with E-state index in [9.17, 15) is 4.79 Å². The molecule has 2 unspecified atom stereocenters. The van der Waals surface area contributed by atoms with Crippen molar-refractivity contribution in [1.29, 1.82) is 0 Å². The topological polar surface area (TPSA) is 33.2 Å². The van der Waals surface area contributed by atoms with E-state index in [1.807, 2.05) is 35.2 Å². The van der Waals surface area contributed by atoms with Gasteiger partial charge in [-0.3, -0.25) is 4.79 Å². The Morgan fingerprint density at radius 2 is 2.05 bits per heavy atom.